The predicted molar refractivity (Wildman–Crippen MR) is 113 cm³/mol. The van der Waals surface area contributed by atoms with Crippen LogP contribution in [0.1, 0.15) is 61.4 Å². The van der Waals surface area contributed by atoms with Gasteiger partial charge in [0.15, 0.2) is 0 Å². The van der Waals surface area contributed by atoms with Crippen LogP contribution in [0.4, 0.5) is 0 Å². The molecule has 2 aliphatic rings. The van der Waals surface area contributed by atoms with E-state index in [2.05, 4.69) is 86.9 Å². The van der Waals surface area contributed by atoms with Crippen molar-refractivity contribution in [1.82, 2.24) is 0 Å². The van der Waals surface area contributed by atoms with Crippen molar-refractivity contribution in [1.29, 1.82) is 0 Å². The van der Waals surface area contributed by atoms with Crippen molar-refractivity contribution in [2.45, 2.75) is 41.9 Å². The maximum absolute atomic E-state index is 7.76. The molecule has 0 nitrogen and oxygen atoms in total. The van der Waals surface area contributed by atoms with Crippen molar-refractivity contribution < 1.29 is 18.6 Å². The summed E-state index contributed by atoms with van der Waals surface area (Å²) in [5, 5.41) is 0. The second-order valence-corrected chi connectivity index (χ2v) is 20.1. The first-order valence-corrected chi connectivity index (χ1v) is 16.9. The summed E-state index contributed by atoms with van der Waals surface area (Å²) in [5.74, 6) is 0. The Morgan fingerprint density at radius 3 is 1.58 bits per heavy atom. The summed E-state index contributed by atoms with van der Waals surface area (Å²) in [6, 6.07) is 13.4. The van der Waals surface area contributed by atoms with Crippen molar-refractivity contribution in [3.05, 3.63) is 80.9 Å². The van der Waals surface area contributed by atoms with Crippen LogP contribution >= 0.6 is 8.51 Å². The minimum atomic E-state index is -3.27. The molecule has 2 unspecified atom stereocenters. The van der Waals surface area contributed by atoms with E-state index in [1.165, 1.54) is 44.5 Å². The summed E-state index contributed by atoms with van der Waals surface area (Å²) in [7, 11) is 7.76. The van der Waals surface area contributed by atoms with Gasteiger partial charge in [0.2, 0.25) is 0 Å². The topological polar surface area (TPSA) is 0 Å². The van der Waals surface area contributed by atoms with Gasteiger partial charge < -0.3 is 0 Å². The SMILES string of the molecule is C[CH]=[Zr]([Cl])([CH]1C(C)=Cc2c(C)cccc21)[CH]1C(C)=Cc2c(C)cccc21. The second kappa shape index (κ2) is 6.54. The van der Waals surface area contributed by atoms with Crippen LogP contribution in [0.2, 0.25) is 0 Å². The standard InChI is InChI=1S/2C11H11.C2H4.ClH.Zr/c2*1-8-6-10-5-3-4-9(2)11(10)7-8;1-2;;/h2*3-7H,1-2H3;1H,2H3;1H;/q;;;;+1/p-1. The van der Waals surface area contributed by atoms with Crippen LogP contribution in [0.15, 0.2) is 47.5 Å². The predicted octanol–water partition coefficient (Wildman–Crippen LogP) is 7.05. The van der Waals surface area contributed by atoms with Gasteiger partial charge in [0.1, 0.15) is 0 Å². The normalized spacial score (nSPS) is 23.0. The molecular weight excluding hydrogens is 415 g/mol. The zero-order chi connectivity index (χ0) is 18.6. The first-order valence-electron chi connectivity index (χ1n) is 9.43. The van der Waals surface area contributed by atoms with Gasteiger partial charge in [-0.3, -0.25) is 0 Å². The quantitative estimate of drug-likeness (QED) is 0.469. The molecule has 133 valence electrons. The number of hydrogen-bond donors (Lipinski definition) is 0. The Labute approximate surface area is 165 Å². The summed E-state index contributed by atoms with van der Waals surface area (Å²) < 4.78 is 3.26. The van der Waals surface area contributed by atoms with E-state index < -0.39 is 18.6 Å². The fraction of sp³-hybridized carbons (Fsp3) is 0.292. The molecule has 0 spiro atoms. The molecule has 0 fully saturated rings. The number of rotatable bonds is 2. The molecule has 0 saturated carbocycles. The molecule has 4 rings (SSSR count). The van der Waals surface area contributed by atoms with E-state index in [0.717, 1.165) is 0 Å². The van der Waals surface area contributed by atoms with Crippen molar-refractivity contribution in [3.8, 4) is 0 Å². The molecule has 2 aromatic carbocycles. The van der Waals surface area contributed by atoms with E-state index in [0.29, 0.717) is 7.25 Å². The minimum absolute atomic E-state index is 0.408. The van der Waals surface area contributed by atoms with Gasteiger partial charge in [0.25, 0.3) is 0 Å². The van der Waals surface area contributed by atoms with Gasteiger partial charge in [0.05, 0.1) is 0 Å². The fourth-order valence-electron chi connectivity index (χ4n) is 5.09. The average Bonchev–Trinajstić information content (AvgIpc) is 3.13. The third-order valence-corrected chi connectivity index (χ3v) is 20.5. The Kier molecular flexibility index (Phi) is 4.61. The van der Waals surface area contributed by atoms with E-state index in [1.807, 2.05) is 0 Å². The maximum atomic E-state index is 7.76. The van der Waals surface area contributed by atoms with Gasteiger partial charge in [0, 0.05) is 0 Å². The number of halogens is 1. The van der Waals surface area contributed by atoms with Crippen molar-refractivity contribution in [2.24, 2.45) is 0 Å². The summed E-state index contributed by atoms with van der Waals surface area (Å²) in [6.07, 6.45) is 4.77. The van der Waals surface area contributed by atoms with Crippen LogP contribution in [0, 0.1) is 13.8 Å². The van der Waals surface area contributed by atoms with Crippen LogP contribution in [0.5, 0.6) is 0 Å². The number of allylic oxidation sites excluding steroid dienone is 2. The molecular formula is C24H26ClZr. The first-order chi connectivity index (χ1) is 12.4. The molecule has 2 atom stereocenters. The summed E-state index contributed by atoms with van der Waals surface area (Å²) in [4.78, 5) is 0. The van der Waals surface area contributed by atoms with Gasteiger partial charge in [-0.25, -0.2) is 0 Å². The molecule has 26 heavy (non-hydrogen) atoms. The Balaban J connectivity index is 1.93. The third-order valence-electron chi connectivity index (χ3n) is 6.32. The third kappa shape index (κ3) is 2.55. The van der Waals surface area contributed by atoms with Gasteiger partial charge in [-0.15, -0.1) is 0 Å². The number of benzene rings is 2. The van der Waals surface area contributed by atoms with Gasteiger partial charge in [-0.2, -0.15) is 0 Å². The van der Waals surface area contributed by atoms with Crippen LogP contribution in [0.3, 0.4) is 0 Å². The van der Waals surface area contributed by atoms with Crippen molar-refractivity contribution >= 4 is 24.4 Å². The Morgan fingerprint density at radius 2 is 1.19 bits per heavy atom. The number of hydrogen-bond acceptors (Lipinski definition) is 0. The molecule has 0 aromatic heterocycles. The van der Waals surface area contributed by atoms with E-state index in [9.17, 15) is 0 Å². The molecule has 2 aromatic rings. The van der Waals surface area contributed by atoms with Gasteiger partial charge in [-0.1, -0.05) is 0 Å². The Bertz CT molecular complexity index is 945. The van der Waals surface area contributed by atoms with Gasteiger partial charge >= 0.3 is 166 Å². The monoisotopic (exact) mass is 439 g/mol. The Hall–Kier alpha value is -1.04. The number of fused-ring (bicyclic) bond motifs is 2. The summed E-state index contributed by atoms with van der Waals surface area (Å²) in [5.41, 5.74) is 11.4. The van der Waals surface area contributed by atoms with Crippen molar-refractivity contribution in [2.75, 3.05) is 0 Å². The fourth-order valence-corrected chi connectivity index (χ4v) is 18.4. The molecule has 0 N–H and O–H groups in total. The molecule has 0 amide bonds. The molecule has 0 saturated heterocycles. The average molecular weight is 441 g/mol. The van der Waals surface area contributed by atoms with E-state index in [1.54, 1.807) is 0 Å². The first kappa shape index (κ1) is 18.3. The number of aryl methyl sites for hydroxylation is 2. The van der Waals surface area contributed by atoms with E-state index >= 15 is 0 Å². The zero-order valence-electron chi connectivity index (χ0n) is 16.2. The molecule has 0 bridgehead atoms. The summed E-state index contributed by atoms with van der Waals surface area (Å²) >= 11 is -3.27. The van der Waals surface area contributed by atoms with E-state index in [-0.39, 0.29) is 0 Å². The van der Waals surface area contributed by atoms with Crippen LogP contribution in [0.25, 0.3) is 12.2 Å². The molecule has 0 heterocycles. The molecule has 0 radical (unpaired) electrons. The van der Waals surface area contributed by atoms with Crippen LogP contribution in [-0.2, 0) is 18.6 Å². The van der Waals surface area contributed by atoms with Crippen LogP contribution in [-0.4, -0.2) is 3.71 Å². The van der Waals surface area contributed by atoms with Crippen molar-refractivity contribution in [3.63, 3.8) is 0 Å². The van der Waals surface area contributed by atoms with Crippen LogP contribution < -0.4 is 0 Å². The zero-order valence-corrected chi connectivity index (χ0v) is 19.4. The Morgan fingerprint density at radius 1 is 0.769 bits per heavy atom. The molecule has 2 aliphatic carbocycles. The summed E-state index contributed by atoms with van der Waals surface area (Å²) in [6.45, 7) is 11.2. The second-order valence-electron chi connectivity index (χ2n) is 7.91. The van der Waals surface area contributed by atoms with E-state index in [4.69, 9.17) is 8.51 Å². The molecule has 0 aliphatic heterocycles. The van der Waals surface area contributed by atoms with Gasteiger partial charge in [-0.05, 0) is 0 Å². The molecule has 2 heteroatoms.